The number of para-hydroxylation sites is 1. The predicted molar refractivity (Wildman–Crippen MR) is 97.9 cm³/mol. The molecular weight excluding hydrogens is 352 g/mol. The van der Waals surface area contributed by atoms with Gasteiger partial charge in [-0.05, 0) is 30.7 Å². The molecule has 0 N–H and O–H groups in total. The zero-order chi connectivity index (χ0) is 17.9. The van der Waals surface area contributed by atoms with E-state index in [0.717, 1.165) is 6.42 Å². The quantitative estimate of drug-likeness (QED) is 0.378. The minimum Gasteiger partial charge on any atom is -0.461 e. The third kappa shape index (κ3) is 3.15. The molecule has 0 spiro atoms. The Labute approximate surface area is 153 Å². The molecule has 0 radical (unpaired) electrons. The van der Waals surface area contributed by atoms with Gasteiger partial charge >= 0.3 is 0 Å². The Morgan fingerprint density at radius 3 is 2.85 bits per heavy atom. The monoisotopic (exact) mass is 368 g/mol. The molecule has 0 unspecified atom stereocenters. The summed E-state index contributed by atoms with van der Waals surface area (Å²) in [5.41, 5.74) is 0.663. The molecule has 0 saturated heterocycles. The third-order valence-electron chi connectivity index (χ3n) is 3.81. The van der Waals surface area contributed by atoms with Crippen molar-refractivity contribution >= 4 is 22.7 Å². The van der Waals surface area contributed by atoms with E-state index in [2.05, 4.69) is 15.1 Å². The molecule has 0 bridgehead atoms. The van der Waals surface area contributed by atoms with Crippen molar-refractivity contribution in [3.8, 4) is 11.6 Å². The van der Waals surface area contributed by atoms with Gasteiger partial charge in [0.05, 0.1) is 22.9 Å². The maximum atomic E-state index is 12.8. The summed E-state index contributed by atoms with van der Waals surface area (Å²) in [6.45, 7) is 2.64. The predicted octanol–water partition coefficient (Wildman–Crippen LogP) is 3.74. The zero-order valence-electron chi connectivity index (χ0n) is 14.1. The van der Waals surface area contributed by atoms with E-state index in [1.165, 1.54) is 11.8 Å². The van der Waals surface area contributed by atoms with E-state index in [1.54, 1.807) is 29.0 Å². The summed E-state index contributed by atoms with van der Waals surface area (Å²) in [7, 11) is 0. The molecule has 8 heteroatoms. The van der Waals surface area contributed by atoms with Crippen LogP contribution in [0.4, 0.5) is 0 Å². The van der Waals surface area contributed by atoms with Crippen LogP contribution in [-0.4, -0.2) is 19.7 Å². The number of benzene rings is 1. The van der Waals surface area contributed by atoms with E-state index in [9.17, 15) is 4.79 Å². The summed E-state index contributed by atoms with van der Waals surface area (Å²) in [6, 6.07) is 10.9. The first-order valence-electron chi connectivity index (χ1n) is 8.25. The SMILES string of the molecule is CCCn1c(SCc2nc(-c3ccco3)no2)nc2ccccc2c1=O. The molecule has 3 heterocycles. The second-order valence-corrected chi connectivity index (χ2v) is 6.59. The molecule has 0 saturated carbocycles. The van der Waals surface area contributed by atoms with Gasteiger partial charge in [-0.25, -0.2) is 4.98 Å². The fraction of sp³-hybridized carbons (Fsp3) is 0.222. The van der Waals surface area contributed by atoms with Crippen molar-refractivity contribution in [2.75, 3.05) is 0 Å². The number of furan rings is 1. The fourth-order valence-corrected chi connectivity index (χ4v) is 3.49. The molecule has 7 nitrogen and oxygen atoms in total. The first-order chi connectivity index (χ1) is 12.8. The van der Waals surface area contributed by atoms with E-state index in [-0.39, 0.29) is 5.56 Å². The molecule has 0 aliphatic heterocycles. The molecule has 26 heavy (non-hydrogen) atoms. The maximum absolute atomic E-state index is 12.8. The first-order valence-corrected chi connectivity index (χ1v) is 9.23. The average Bonchev–Trinajstić information content (AvgIpc) is 3.34. The normalized spacial score (nSPS) is 11.3. The molecule has 4 aromatic rings. The van der Waals surface area contributed by atoms with Crippen molar-refractivity contribution in [1.82, 2.24) is 19.7 Å². The van der Waals surface area contributed by atoms with E-state index in [0.29, 0.717) is 45.8 Å². The Morgan fingerprint density at radius 1 is 1.15 bits per heavy atom. The van der Waals surface area contributed by atoms with Gasteiger partial charge in [0, 0.05) is 6.54 Å². The van der Waals surface area contributed by atoms with Gasteiger partial charge < -0.3 is 8.94 Å². The number of nitrogens with zero attached hydrogens (tertiary/aromatic N) is 4. The molecule has 0 aliphatic carbocycles. The highest BCUT2D eigenvalue weighted by Crippen LogP contribution is 2.23. The minimum absolute atomic E-state index is 0.0262. The summed E-state index contributed by atoms with van der Waals surface area (Å²) in [6.07, 6.45) is 2.40. The van der Waals surface area contributed by atoms with Crippen molar-refractivity contribution in [2.45, 2.75) is 30.8 Å². The smallest absolute Gasteiger partial charge is 0.262 e. The van der Waals surface area contributed by atoms with E-state index in [1.807, 2.05) is 25.1 Å². The number of fused-ring (bicyclic) bond motifs is 1. The van der Waals surface area contributed by atoms with Crippen molar-refractivity contribution in [3.63, 3.8) is 0 Å². The van der Waals surface area contributed by atoms with Crippen LogP contribution in [0.25, 0.3) is 22.5 Å². The summed E-state index contributed by atoms with van der Waals surface area (Å²) in [5, 5.41) is 5.19. The first kappa shape index (κ1) is 16.6. The Balaban J connectivity index is 1.62. The van der Waals surface area contributed by atoms with E-state index in [4.69, 9.17) is 8.94 Å². The molecule has 0 fully saturated rings. The molecule has 0 amide bonds. The number of hydrogen-bond donors (Lipinski definition) is 0. The van der Waals surface area contributed by atoms with Crippen LogP contribution in [-0.2, 0) is 12.3 Å². The highest BCUT2D eigenvalue weighted by molar-refractivity contribution is 7.98. The second-order valence-electron chi connectivity index (χ2n) is 5.65. The van der Waals surface area contributed by atoms with Crippen molar-refractivity contribution in [2.24, 2.45) is 0 Å². The van der Waals surface area contributed by atoms with Crippen LogP contribution >= 0.6 is 11.8 Å². The lowest BCUT2D eigenvalue weighted by Gasteiger charge is -2.11. The summed E-state index contributed by atoms with van der Waals surface area (Å²) in [4.78, 5) is 21.7. The van der Waals surface area contributed by atoms with Gasteiger partial charge in [0.15, 0.2) is 10.9 Å². The van der Waals surface area contributed by atoms with Gasteiger partial charge in [-0.2, -0.15) is 4.98 Å². The van der Waals surface area contributed by atoms with Crippen LogP contribution in [0, 0.1) is 0 Å². The van der Waals surface area contributed by atoms with Crippen LogP contribution < -0.4 is 5.56 Å². The highest BCUT2D eigenvalue weighted by Gasteiger charge is 2.14. The topological polar surface area (TPSA) is 86.9 Å². The second kappa shape index (κ2) is 7.17. The van der Waals surface area contributed by atoms with Crippen molar-refractivity contribution in [3.05, 3.63) is 58.9 Å². The third-order valence-corrected chi connectivity index (χ3v) is 4.77. The van der Waals surface area contributed by atoms with Gasteiger partial charge in [-0.3, -0.25) is 9.36 Å². The lowest BCUT2D eigenvalue weighted by molar-refractivity contribution is 0.390. The number of rotatable bonds is 6. The Hall–Kier alpha value is -2.87. The van der Waals surface area contributed by atoms with Gasteiger partial charge in [0.2, 0.25) is 11.7 Å². The van der Waals surface area contributed by atoms with Gasteiger partial charge in [0.25, 0.3) is 5.56 Å². The maximum Gasteiger partial charge on any atom is 0.262 e. The van der Waals surface area contributed by atoms with Crippen LogP contribution in [0.2, 0.25) is 0 Å². The van der Waals surface area contributed by atoms with Gasteiger partial charge in [-0.1, -0.05) is 36.0 Å². The Bertz CT molecular complexity index is 1090. The van der Waals surface area contributed by atoms with E-state index >= 15 is 0 Å². The van der Waals surface area contributed by atoms with Crippen molar-refractivity contribution < 1.29 is 8.94 Å². The van der Waals surface area contributed by atoms with Crippen LogP contribution in [0.15, 0.2) is 61.6 Å². The largest absolute Gasteiger partial charge is 0.461 e. The number of aromatic nitrogens is 4. The molecule has 0 atom stereocenters. The number of hydrogen-bond acceptors (Lipinski definition) is 7. The molecule has 132 valence electrons. The van der Waals surface area contributed by atoms with Gasteiger partial charge in [-0.15, -0.1) is 0 Å². The minimum atomic E-state index is -0.0262. The Kier molecular flexibility index (Phi) is 4.57. The lowest BCUT2D eigenvalue weighted by atomic mass is 10.2. The standard InChI is InChI=1S/C18H16N4O3S/c1-2-9-22-17(23)12-6-3-4-7-13(12)19-18(22)26-11-15-20-16(21-25-15)14-8-5-10-24-14/h3-8,10H,2,9,11H2,1H3. The summed E-state index contributed by atoms with van der Waals surface area (Å²) in [5.74, 6) is 1.83. The van der Waals surface area contributed by atoms with E-state index < -0.39 is 0 Å². The molecule has 0 aliphatic rings. The summed E-state index contributed by atoms with van der Waals surface area (Å²) >= 11 is 1.40. The zero-order valence-corrected chi connectivity index (χ0v) is 14.9. The fourth-order valence-electron chi connectivity index (χ4n) is 2.62. The van der Waals surface area contributed by atoms with Crippen molar-refractivity contribution in [1.29, 1.82) is 0 Å². The van der Waals surface area contributed by atoms with Crippen LogP contribution in [0.5, 0.6) is 0 Å². The van der Waals surface area contributed by atoms with Crippen LogP contribution in [0.3, 0.4) is 0 Å². The summed E-state index contributed by atoms with van der Waals surface area (Å²) < 4.78 is 12.2. The molecule has 1 aromatic carbocycles. The Morgan fingerprint density at radius 2 is 2.04 bits per heavy atom. The van der Waals surface area contributed by atoms with Gasteiger partial charge in [0.1, 0.15) is 0 Å². The molecule has 3 aromatic heterocycles. The van der Waals surface area contributed by atoms with Crippen LogP contribution in [0.1, 0.15) is 19.2 Å². The number of thioether (sulfide) groups is 1. The molecular formula is C18H16N4O3S. The highest BCUT2D eigenvalue weighted by atomic mass is 32.2. The average molecular weight is 368 g/mol. The lowest BCUT2D eigenvalue weighted by Crippen LogP contribution is -2.23. The molecule has 4 rings (SSSR count).